The Morgan fingerprint density at radius 1 is 1.16 bits per heavy atom. The van der Waals surface area contributed by atoms with Crippen molar-refractivity contribution in [2.75, 3.05) is 18.5 Å². The summed E-state index contributed by atoms with van der Waals surface area (Å²) in [5.74, 6) is 0.569. The van der Waals surface area contributed by atoms with E-state index < -0.39 is 5.60 Å². The van der Waals surface area contributed by atoms with E-state index in [2.05, 4.69) is 16.7 Å². The van der Waals surface area contributed by atoms with Crippen LogP contribution in [0, 0.1) is 6.92 Å². The zero-order valence-corrected chi connectivity index (χ0v) is 21.8. The summed E-state index contributed by atoms with van der Waals surface area (Å²) in [4.78, 5) is 17.6. The molecule has 2 aliphatic rings. The van der Waals surface area contributed by atoms with Crippen molar-refractivity contribution in [3.8, 4) is 5.75 Å². The second-order valence-electron chi connectivity index (χ2n) is 10.7. The van der Waals surface area contributed by atoms with E-state index in [0.29, 0.717) is 18.2 Å². The number of carbonyl (C=O) groups is 1. The lowest BCUT2D eigenvalue weighted by Gasteiger charge is -2.33. The van der Waals surface area contributed by atoms with Gasteiger partial charge in [0, 0.05) is 42.0 Å². The number of aromatic nitrogens is 1. The number of rotatable bonds is 8. The second-order valence-corrected chi connectivity index (χ2v) is 10.7. The smallest absolute Gasteiger partial charge is 0.255 e. The summed E-state index contributed by atoms with van der Waals surface area (Å²) in [6.45, 7) is 6.01. The van der Waals surface area contributed by atoms with Gasteiger partial charge in [-0.1, -0.05) is 6.07 Å². The van der Waals surface area contributed by atoms with Gasteiger partial charge in [0.05, 0.1) is 17.2 Å². The number of pyridine rings is 1. The molecule has 1 aliphatic heterocycles. The molecule has 5 rings (SSSR count). The highest BCUT2D eigenvalue weighted by Crippen LogP contribution is 2.28. The van der Waals surface area contributed by atoms with Gasteiger partial charge in [-0.2, -0.15) is 0 Å². The van der Waals surface area contributed by atoms with E-state index in [-0.39, 0.29) is 12.0 Å². The van der Waals surface area contributed by atoms with Crippen molar-refractivity contribution in [3.63, 3.8) is 0 Å². The number of aryl methyl sites for hydroxylation is 1. The maximum atomic E-state index is 12.9. The molecular weight excluding hydrogens is 466 g/mol. The molecule has 2 fully saturated rings. The van der Waals surface area contributed by atoms with E-state index in [1.54, 1.807) is 12.1 Å². The first-order chi connectivity index (χ1) is 17.9. The van der Waals surface area contributed by atoms with Gasteiger partial charge in [0.1, 0.15) is 12.4 Å². The minimum atomic E-state index is -0.518. The largest absolute Gasteiger partial charge is 0.491 e. The van der Waals surface area contributed by atoms with Crippen LogP contribution in [0.4, 0.5) is 5.69 Å². The zero-order valence-electron chi connectivity index (χ0n) is 21.8. The lowest BCUT2D eigenvalue weighted by molar-refractivity contribution is 0.0140. The van der Waals surface area contributed by atoms with Gasteiger partial charge in [0.25, 0.3) is 5.91 Å². The quantitative estimate of drug-likeness (QED) is 0.394. The fourth-order valence-electron chi connectivity index (χ4n) is 5.19. The van der Waals surface area contributed by atoms with Crippen LogP contribution in [-0.2, 0) is 11.3 Å². The molecule has 1 atom stereocenters. The highest BCUT2D eigenvalue weighted by atomic mass is 16.5. The summed E-state index contributed by atoms with van der Waals surface area (Å²) in [6.07, 6.45) is 7.83. The maximum absolute atomic E-state index is 12.9. The first kappa shape index (κ1) is 25.6. The molecule has 2 aromatic carbocycles. The van der Waals surface area contributed by atoms with Gasteiger partial charge in [0.2, 0.25) is 0 Å². The number of hydrogen-bond donors (Lipinski definition) is 3. The van der Waals surface area contributed by atoms with Gasteiger partial charge >= 0.3 is 0 Å². The molecule has 0 spiro atoms. The first-order valence-corrected chi connectivity index (χ1v) is 13.4. The Morgan fingerprint density at radius 3 is 2.68 bits per heavy atom. The topological polar surface area (TPSA) is 92.7 Å². The highest BCUT2D eigenvalue weighted by molar-refractivity contribution is 6.06. The summed E-state index contributed by atoms with van der Waals surface area (Å²) >= 11 is 0. The Labute approximate surface area is 218 Å². The van der Waals surface area contributed by atoms with Crippen LogP contribution in [-0.4, -0.2) is 47.0 Å². The molecule has 37 heavy (non-hydrogen) atoms. The van der Waals surface area contributed by atoms with E-state index in [1.807, 2.05) is 44.3 Å². The lowest BCUT2D eigenvalue weighted by Crippen LogP contribution is -2.39. The number of amides is 1. The van der Waals surface area contributed by atoms with Crippen molar-refractivity contribution in [3.05, 3.63) is 65.4 Å². The average Bonchev–Trinajstić information content (AvgIpc) is 3.42. The van der Waals surface area contributed by atoms with Crippen LogP contribution in [0.2, 0.25) is 0 Å². The molecule has 3 aromatic rings. The molecule has 0 radical (unpaired) electrons. The fourth-order valence-corrected chi connectivity index (χ4v) is 5.19. The molecule has 0 bridgehead atoms. The number of hydrogen-bond acceptors (Lipinski definition) is 6. The SMILES string of the molecule is Cc1c(NC(=O)c2ccc(OC[C@@H]3CCCO3)cc2)ccc2cc(CNC3CCC(C)(O)CC3)cnc12. The van der Waals surface area contributed by atoms with Crippen molar-refractivity contribution < 1.29 is 19.4 Å². The van der Waals surface area contributed by atoms with Gasteiger partial charge in [-0.25, -0.2) is 0 Å². The molecule has 1 aromatic heterocycles. The Hall–Kier alpha value is -3.00. The summed E-state index contributed by atoms with van der Waals surface area (Å²) in [6, 6.07) is 13.7. The third-order valence-electron chi connectivity index (χ3n) is 7.64. The predicted octanol–water partition coefficient (Wildman–Crippen LogP) is 5.14. The molecule has 7 heteroatoms. The highest BCUT2D eigenvalue weighted by Gasteiger charge is 2.28. The van der Waals surface area contributed by atoms with Crippen LogP contribution in [0.3, 0.4) is 0 Å². The summed E-state index contributed by atoms with van der Waals surface area (Å²) < 4.78 is 11.4. The Morgan fingerprint density at radius 2 is 1.95 bits per heavy atom. The van der Waals surface area contributed by atoms with Crippen LogP contribution >= 0.6 is 0 Å². The molecule has 1 aliphatic carbocycles. The number of fused-ring (bicyclic) bond motifs is 1. The predicted molar refractivity (Wildman–Crippen MR) is 145 cm³/mol. The Balaban J connectivity index is 1.18. The van der Waals surface area contributed by atoms with E-state index >= 15 is 0 Å². The first-order valence-electron chi connectivity index (χ1n) is 13.4. The van der Waals surface area contributed by atoms with Crippen LogP contribution in [0.15, 0.2) is 48.7 Å². The van der Waals surface area contributed by atoms with Crippen molar-refractivity contribution in [2.45, 2.75) is 76.7 Å². The van der Waals surface area contributed by atoms with E-state index in [9.17, 15) is 9.90 Å². The van der Waals surface area contributed by atoms with Gasteiger partial charge in [-0.05, 0) is 99.9 Å². The van der Waals surface area contributed by atoms with Gasteiger partial charge < -0.3 is 25.2 Å². The van der Waals surface area contributed by atoms with Crippen molar-refractivity contribution in [2.24, 2.45) is 0 Å². The molecule has 3 N–H and O–H groups in total. The number of anilines is 1. The summed E-state index contributed by atoms with van der Waals surface area (Å²) in [7, 11) is 0. The molecule has 1 amide bonds. The molecule has 2 heterocycles. The van der Waals surface area contributed by atoms with Gasteiger partial charge in [-0.15, -0.1) is 0 Å². The number of benzene rings is 2. The molecule has 1 saturated heterocycles. The number of aliphatic hydroxyl groups is 1. The van der Waals surface area contributed by atoms with E-state index in [1.165, 1.54) is 0 Å². The van der Waals surface area contributed by atoms with Crippen LogP contribution in [0.25, 0.3) is 10.9 Å². The number of carbonyl (C=O) groups excluding carboxylic acids is 1. The summed E-state index contributed by atoms with van der Waals surface area (Å²) in [5, 5.41) is 17.9. The summed E-state index contributed by atoms with van der Waals surface area (Å²) in [5.41, 5.74) is 3.76. The van der Waals surface area contributed by atoms with Gasteiger partial charge in [-0.3, -0.25) is 9.78 Å². The minimum Gasteiger partial charge on any atom is -0.491 e. The Kier molecular flexibility index (Phi) is 7.74. The molecule has 1 saturated carbocycles. The molecule has 7 nitrogen and oxygen atoms in total. The van der Waals surface area contributed by atoms with Crippen molar-refractivity contribution in [1.82, 2.24) is 10.3 Å². The standard InChI is InChI=1S/C30H37N3O4/c1-20-27(33-29(34)22-5-8-25(9-6-22)37-19-26-4-3-15-36-26)10-7-23-16-21(18-32-28(20)23)17-31-24-11-13-30(2,35)14-12-24/h5-10,16,18,24,26,31,35H,3-4,11-15,17,19H2,1-2H3,(H,33,34)/t24?,26-,30?/m0/s1. The third-order valence-corrected chi connectivity index (χ3v) is 7.64. The second kappa shape index (κ2) is 11.2. The van der Waals surface area contributed by atoms with Crippen molar-refractivity contribution >= 4 is 22.5 Å². The van der Waals surface area contributed by atoms with Gasteiger partial charge in [0.15, 0.2) is 0 Å². The normalized spacial score (nSPS) is 23.8. The molecule has 196 valence electrons. The minimum absolute atomic E-state index is 0.162. The van der Waals surface area contributed by atoms with E-state index in [0.717, 1.165) is 85.1 Å². The van der Waals surface area contributed by atoms with Crippen LogP contribution in [0.5, 0.6) is 5.75 Å². The number of nitrogens with one attached hydrogen (secondary N) is 2. The monoisotopic (exact) mass is 503 g/mol. The maximum Gasteiger partial charge on any atom is 0.255 e. The number of nitrogens with zero attached hydrogens (tertiary/aromatic N) is 1. The van der Waals surface area contributed by atoms with Crippen LogP contribution < -0.4 is 15.4 Å². The fraction of sp³-hybridized carbons (Fsp3) is 0.467. The van der Waals surface area contributed by atoms with Crippen molar-refractivity contribution in [1.29, 1.82) is 0 Å². The Bertz CT molecular complexity index is 1230. The lowest BCUT2D eigenvalue weighted by atomic mass is 9.83. The third kappa shape index (κ3) is 6.47. The molecule has 0 unspecified atom stereocenters. The number of ether oxygens (including phenoxy) is 2. The van der Waals surface area contributed by atoms with Crippen LogP contribution in [0.1, 0.15) is 66.9 Å². The zero-order chi connectivity index (χ0) is 25.8. The van der Waals surface area contributed by atoms with E-state index in [4.69, 9.17) is 14.5 Å². The molecular formula is C30H37N3O4. The average molecular weight is 504 g/mol.